The van der Waals surface area contributed by atoms with Crippen molar-refractivity contribution < 1.29 is 23.9 Å². The predicted octanol–water partition coefficient (Wildman–Crippen LogP) is 0.939. The summed E-state index contributed by atoms with van der Waals surface area (Å²) >= 11 is 0. The molecule has 3 fully saturated rings. The number of amides is 3. The van der Waals surface area contributed by atoms with Crippen molar-refractivity contribution in [3.63, 3.8) is 0 Å². The number of nitrogens with zero attached hydrogens (tertiary/aromatic N) is 3. The zero-order valence-electron chi connectivity index (χ0n) is 13.7. The fourth-order valence-corrected chi connectivity index (χ4v) is 3.82. The number of likely N-dealkylation sites (tertiary alicyclic amines) is 3. The van der Waals surface area contributed by atoms with Gasteiger partial charge in [-0.25, -0.2) is 14.0 Å². The van der Waals surface area contributed by atoms with Crippen LogP contribution in [0.3, 0.4) is 0 Å². The SMILES string of the molecule is O=C(C1CCN(C(=O)N2CCCC2)CC1)N1CCC(F)(C(=O)O)C1. The Morgan fingerprint density at radius 2 is 1.50 bits per heavy atom. The van der Waals surface area contributed by atoms with E-state index in [1.54, 1.807) is 4.90 Å². The highest BCUT2D eigenvalue weighted by atomic mass is 19.1. The Balaban J connectivity index is 1.50. The Hall–Kier alpha value is -1.86. The lowest BCUT2D eigenvalue weighted by Crippen LogP contribution is -2.48. The lowest BCUT2D eigenvalue weighted by Gasteiger charge is -2.35. The minimum Gasteiger partial charge on any atom is -0.479 e. The van der Waals surface area contributed by atoms with Gasteiger partial charge in [0.15, 0.2) is 0 Å². The van der Waals surface area contributed by atoms with Crippen molar-refractivity contribution in [1.29, 1.82) is 0 Å². The van der Waals surface area contributed by atoms with Crippen LogP contribution in [0.5, 0.6) is 0 Å². The zero-order chi connectivity index (χ0) is 17.3. The molecule has 1 N–H and O–H groups in total. The highest BCUT2D eigenvalue weighted by Gasteiger charge is 2.48. The zero-order valence-corrected chi connectivity index (χ0v) is 13.7. The Kier molecular flexibility index (Phi) is 4.64. The molecular formula is C16H24FN3O4. The Bertz CT molecular complexity index is 529. The summed E-state index contributed by atoms with van der Waals surface area (Å²) in [6.45, 7) is 2.44. The van der Waals surface area contributed by atoms with Gasteiger partial charge in [0.2, 0.25) is 11.6 Å². The van der Waals surface area contributed by atoms with Gasteiger partial charge in [0.05, 0.1) is 6.54 Å². The highest BCUT2D eigenvalue weighted by Crippen LogP contribution is 2.29. The van der Waals surface area contributed by atoms with Crippen LogP contribution < -0.4 is 0 Å². The van der Waals surface area contributed by atoms with E-state index in [2.05, 4.69) is 0 Å². The number of aliphatic carboxylic acids is 1. The number of piperidine rings is 1. The van der Waals surface area contributed by atoms with E-state index in [0.717, 1.165) is 25.9 Å². The number of carbonyl (C=O) groups is 3. The van der Waals surface area contributed by atoms with E-state index < -0.39 is 11.6 Å². The molecule has 3 amide bonds. The monoisotopic (exact) mass is 341 g/mol. The second-order valence-electron chi connectivity index (χ2n) is 7.02. The molecule has 3 heterocycles. The first-order chi connectivity index (χ1) is 11.4. The van der Waals surface area contributed by atoms with Crippen LogP contribution in [0, 0.1) is 5.92 Å². The van der Waals surface area contributed by atoms with Gasteiger partial charge in [-0.15, -0.1) is 0 Å². The van der Waals surface area contributed by atoms with Crippen molar-refractivity contribution in [2.24, 2.45) is 5.92 Å². The topological polar surface area (TPSA) is 81.2 Å². The average molecular weight is 341 g/mol. The Morgan fingerprint density at radius 1 is 0.917 bits per heavy atom. The van der Waals surface area contributed by atoms with Gasteiger partial charge >= 0.3 is 12.0 Å². The lowest BCUT2D eigenvalue weighted by atomic mass is 9.95. The first-order valence-electron chi connectivity index (χ1n) is 8.66. The molecule has 0 radical (unpaired) electrons. The summed E-state index contributed by atoms with van der Waals surface area (Å²) in [5, 5.41) is 8.92. The van der Waals surface area contributed by atoms with E-state index in [0.29, 0.717) is 25.9 Å². The molecule has 3 rings (SSSR count). The number of carboxylic acid groups (broad SMARTS) is 1. The van der Waals surface area contributed by atoms with Crippen molar-refractivity contribution in [3.05, 3.63) is 0 Å². The number of hydrogen-bond donors (Lipinski definition) is 1. The molecule has 8 heteroatoms. The van der Waals surface area contributed by atoms with Crippen LogP contribution in [0.1, 0.15) is 32.1 Å². The molecule has 134 valence electrons. The summed E-state index contributed by atoms with van der Waals surface area (Å²) in [5.74, 6) is -1.92. The number of carboxylic acids is 1. The second kappa shape index (κ2) is 6.57. The number of halogens is 1. The molecule has 3 aliphatic rings. The average Bonchev–Trinajstić information content (AvgIpc) is 3.24. The van der Waals surface area contributed by atoms with E-state index in [1.807, 2.05) is 4.90 Å². The minimum absolute atomic E-state index is 0.0493. The van der Waals surface area contributed by atoms with E-state index in [1.165, 1.54) is 4.90 Å². The molecule has 0 aromatic rings. The van der Waals surface area contributed by atoms with Gasteiger partial charge in [0.25, 0.3) is 0 Å². The maximum absolute atomic E-state index is 14.1. The molecule has 0 aromatic carbocycles. The van der Waals surface area contributed by atoms with Crippen LogP contribution in [-0.2, 0) is 9.59 Å². The van der Waals surface area contributed by atoms with Crippen LogP contribution in [0.15, 0.2) is 0 Å². The van der Waals surface area contributed by atoms with Crippen LogP contribution in [0.25, 0.3) is 0 Å². The first kappa shape index (κ1) is 17.0. The van der Waals surface area contributed by atoms with Crippen LogP contribution in [-0.4, -0.2) is 82.7 Å². The largest absolute Gasteiger partial charge is 0.479 e. The van der Waals surface area contributed by atoms with Gasteiger partial charge < -0.3 is 19.8 Å². The quantitative estimate of drug-likeness (QED) is 0.810. The summed E-state index contributed by atoms with van der Waals surface area (Å²) in [6, 6.07) is 0.0493. The van der Waals surface area contributed by atoms with Crippen LogP contribution in [0.4, 0.5) is 9.18 Å². The lowest BCUT2D eigenvalue weighted by molar-refractivity contribution is -0.150. The third kappa shape index (κ3) is 3.18. The van der Waals surface area contributed by atoms with Gasteiger partial charge in [-0.2, -0.15) is 0 Å². The molecule has 0 saturated carbocycles. The van der Waals surface area contributed by atoms with Crippen LogP contribution >= 0.6 is 0 Å². The number of alkyl halides is 1. The smallest absolute Gasteiger partial charge is 0.343 e. The van der Waals surface area contributed by atoms with Gasteiger partial charge in [-0.1, -0.05) is 0 Å². The van der Waals surface area contributed by atoms with Gasteiger partial charge in [0.1, 0.15) is 0 Å². The van der Waals surface area contributed by atoms with E-state index in [4.69, 9.17) is 5.11 Å². The fourth-order valence-electron chi connectivity index (χ4n) is 3.82. The molecular weight excluding hydrogens is 317 g/mol. The van der Waals surface area contributed by atoms with E-state index >= 15 is 0 Å². The van der Waals surface area contributed by atoms with E-state index in [9.17, 15) is 18.8 Å². The van der Waals surface area contributed by atoms with E-state index in [-0.39, 0.29) is 37.4 Å². The molecule has 7 nitrogen and oxygen atoms in total. The van der Waals surface area contributed by atoms with Crippen molar-refractivity contribution in [2.45, 2.75) is 37.8 Å². The maximum Gasteiger partial charge on any atom is 0.343 e. The molecule has 24 heavy (non-hydrogen) atoms. The molecule has 0 aliphatic carbocycles. The number of hydrogen-bond acceptors (Lipinski definition) is 3. The second-order valence-corrected chi connectivity index (χ2v) is 7.02. The molecule has 0 spiro atoms. The number of urea groups is 1. The van der Waals surface area contributed by atoms with Gasteiger partial charge in [0, 0.05) is 45.1 Å². The van der Waals surface area contributed by atoms with Crippen molar-refractivity contribution in [3.8, 4) is 0 Å². The normalized spacial score (nSPS) is 28.5. The number of rotatable bonds is 2. The molecule has 1 atom stereocenters. The molecule has 3 saturated heterocycles. The molecule has 3 aliphatic heterocycles. The summed E-state index contributed by atoms with van der Waals surface area (Å²) in [6.07, 6.45) is 3.05. The molecule has 0 aromatic heterocycles. The Labute approximate surface area is 140 Å². The van der Waals surface area contributed by atoms with Gasteiger partial charge in [-0.05, 0) is 25.7 Å². The minimum atomic E-state index is -2.32. The predicted molar refractivity (Wildman–Crippen MR) is 83.2 cm³/mol. The first-order valence-corrected chi connectivity index (χ1v) is 8.66. The fraction of sp³-hybridized carbons (Fsp3) is 0.812. The standard InChI is InChI=1S/C16H24FN3O4/c17-16(14(22)23)5-10-20(11-16)13(21)12-3-8-19(9-4-12)15(24)18-6-1-2-7-18/h12H,1-11H2,(H,22,23). The third-order valence-corrected chi connectivity index (χ3v) is 5.41. The maximum atomic E-state index is 14.1. The van der Waals surface area contributed by atoms with Crippen molar-refractivity contribution in [2.75, 3.05) is 39.3 Å². The molecule has 0 bridgehead atoms. The molecule has 1 unspecified atom stereocenters. The third-order valence-electron chi connectivity index (χ3n) is 5.41. The number of carbonyl (C=O) groups excluding carboxylic acids is 2. The summed E-state index contributed by atoms with van der Waals surface area (Å²) in [4.78, 5) is 40.8. The van der Waals surface area contributed by atoms with Crippen LogP contribution in [0.2, 0.25) is 0 Å². The highest BCUT2D eigenvalue weighted by molar-refractivity contribution is 5.84. The summed E-state index contributed by atoms with van der Waals surface area (Å²) in [5.41, 5.74) is -2.32. The van der Waals surface area contributed by atoms with Crippen molar-refractivity contribution >= 4 is 17.9 Å². The summed E-state index contributed by atoms with van der Waals surface area (Å²) < 4.78 is 14.1. The van der Waals surface area contributed by atoms with Gasteiger partial charge in [-0.3, -0.25) is 4.79 Å². The Morgan fingerprint density at radius 3 is 2.04 bits per heavy atom. The van der Waals surface area contributed by atoms with Crippen molar-refractivity contribution in [1.82, 2.24) is 14.7 Å². The summed E-state index contributed by atoms with van der Waals surface area (Å²) in [7, 11) is 0.